The summed E-state index contributed by atoms with van der Waals surface area (Å²) in [6.07, 6.45) is 0.923. The number of thiazole rings is 1. The summed E-state index contributed by atoms with van der Waals surface area (Å²) in [5.74, 6) is 0.789. The van der Waals surface area contributed by atoms with Crippen molar-refractivity contribution in [2.75, 3.05) is 18.1 Å². The van der Waals surface area contributed by atoms with Crippen LogP contribution in [0.1, 0.15) is 13.3 Å². The molecule has 1 amide bonds. The quantitative estimate of drug-likeness (QED) is 0.864. The molecular formula is C14H14N2O2S. The molecule has 0 N–H and O–H groups in total. The molecule has 0 spiro atoms. The third-order valence-corrected chi connectivity index (χ3v) is 3.66. The van der Waals surface area contributed by atoms with E-state index in [0.717, 1.165) is 35.7 Å². The van der Waals surface area contributed by atoms with E-state index >= 15 is 0 Å². The van der Waals surface area contributed by atoms with Crippen molar-refractivity contribution < 1.29 is 9.53 Å². The molecule has 2 aromatic rings. The number of hydrogen-bond acceptors (Lipinski definition) is 4. The third-order valence-electron chi connectivity index (χ3n) is 3.08. The highest BCUT2D eigenvalue weighted by atomic mass is 32.1. The van der Waals surface area contributed by atoms with Gasteiger partial charge in [-0.05, 0) is 24.6 Å². The standard InChI is InChI=1S/C14H14N2O2S/c1-2-5-16-12-6-10(11-8-19-9-15-11)3-4-13(12)18-7-14(16)17/h3-4,6,8-9H,2,5,7H2,1H3. The van der Waals surface area contributed by atoms with Gasteiger partial charge < -0.3 is 9.64 Å². The highest BCUT2D eigenvalue weighted by molar-refractivity contribution is 7.07. The summed E-state index contributed by atoms with van der Waals surface area (Å²) in [7, 11) is 0. The average Bonchev–Trinajstić information content (AvgIpc) is 2.96. The Morgan fingerprint density at radius 2 is 2.37 bits per heavy atom. The molecular weight excluding hydrogens is 260 g/mol. The lowest BCUT2D eigenvalue weighted by molar-refractivity contribution is -0.121. The minimum atomic E-state index is 0.0183. The Kier molecular flexibility index (Phi) is 3.21. The van der Waals surface area contributed by atoms with Crippen molar-refractivity contribution in [3.63, 3.8) is 0 Å². The second-order valence-electron chi connectivity index (χ2n) is 4.39. The van der Waals surface area contributed by atoms with Gasteiger partial charge in [0.15, 0.2) is 6.61 Å². The van der Waals surface area contributed by atoms with E-state index in [2.05, 4.69) is 11.9 Å². The van der Waals surface area contributed by atoms with E-state index in [1.54, 1.807) is 21.7 Å². The number of anilines is 1. The number of amides is 1. The van der Waals surface area contributed by atoms with Gasteiger partial charge >= 0.3 is 0 Å². The zero-order chi connectivity index (χ0) is 13.2. The van der Waals surface area contributed by atoms with Crippen molar-refractivity contribution in [2.24, 2.45) is 0 Å². The van der Waals surface area contributed by atoms with Gasteiger partial charge in [-0.2, -0.15) is 0 Å². The van der Waals surface area contributed by atoms with E-state index in [1.165, 1.54) is 0 Å². The van der Waals surface area contributed by atoms with Crippen molar-refractivity contribution in [1.82, 2.24) is 4.98 Å². The first-order valence-corrected chi connectivity index (χ1v) is 7.19. The summed E-state index contributed by atoms with van der Waals surface area (Å²) in [5.41, 5.74) is 4.60. The summed E-state index contributed by atoms with van der Waals surface area (Å²) in [6, 6.07) is 5.88. The van der Waals surface area contributed by atoms with Crippen LogP contribution >= 0.6 is 11.3 Å². The lowest BCUT2D eigenvalue weighted by Crippen LogP contribution is -2.39. The number of rotatable bonds is 3. The molecule has 4 nitrogen and oxygen atoms in total. The Morgan fingerprint density at radius 3 is 3.11 bits per heavy atom. The van der Waals surface area contributed by atoms with Crippen molar-refractivity contribution in [1.29, 1.82) is 0 Å². The second kappa shape index (κ2) is 5.01. The van der Waals surface area contributed by atoms with E-state index in [4.69, 9.17) is 4.74 Å². The lowest BCUT2D eigenvalue weighted by Gasteiger charge is -2.29. The maximum absolute atomic E-state index is 11.9. The fourth-order valence-corrected chi connectivity index (χ4v) is 2.75. The van der Waals surface area contributed by atoms with Crippen LogP contribution in [0.5, 0.6) is 5.75 Å². The number of aromatic nitrogens is 1. The largest absolute Gasteiger partial charge is 0.482 e. The van der Waals surface area contributed by atoms with E-state index < -0.39 is 0 Å². The smallest absolute Gasteiger partial charge is 0.265 e. The monoisotopic (exact) mass is 274 g/mol. The number of hydrogen-bond donors (Lipinski definition) is 0. The fourth-order valence-electron chi connectivity index (χ4n) is 2.19. The Hall–Kier alpha value is -1.88. The second-order valence-corrected chi connectivity index (χ2v) is 5.11. The molecule has 0 saturated heterocycles. The lowest BCUT2D eigenvalue weighted by atomic mass is 10.1. The SMILES string of the molecule is CCCN1C(=O)COc2ccc(-c3cscn3)cc21. The molecule has 0 radical (unpaired) electrons. The molecule has 0 unspecified atom stereocenters. The van der Waals surface area contributed by atoms with Gasteiger partial charge in [0.05, 0.1) is 16.9 Å². The summed E-state index contributed by atoms with van der Waals surface area (Å²) in [4.78, 5) is 18.0. The number of ether oxygens (including phenoxy) is 1. The Labute approximate surface area is 115 Å². The summed E-state index contributed by atoms with van der Waals surface area (Å²) in [6.45, 7) is 2.91. The highest BCUT2D eigenvalue weighted by Crippen LogP contribution is 2.35. The molecule has 19 heavy (non-hydrogen) atoms. The van der Waals surface area contributed by atoms with Crippen LogP contribution in [-0.4, -0.2) is 24.0 Å². The van der Waals surface area contributed by atoms with Gasteiger partial charge in [0, 0.05) is 17.5 Å². The number of carbonyl (C=O) groups is 1. The van der Waals surface area contributed by atoms with Gasteiger partial charge in [-0.25, -0.2) is 4.98 Å². The molecule has 2 heterocycles. The Morgan fingerprint density at radius 1 is 1.47 bits per heavy atom. The van der Waals surface area contributed by atoms with Crippen molar-refractivity contribution in [3.8, 4) is 17.0 Å². The Balaban J connectivity index is 2.04. The van der Waals surface area contributed by atoms with E-state index in [9.17, 15) is 4.79 Å². The third kappa shape index (κ3) is 2.21. The van der Waals surface area contributed by atoms with Gasteiger partial charge in [0.2, 0.25) is 0 Å². The molecule has 0 saturated carbocycles. The van der Waals surface area contributed by atoms with Gasteiger partial charge in [0.25, 0.3) is 5.91 Å². The predicted molar refractivity (Wildman–Crippen MR) is 75.7 cm³/mol. The minimum Gasteiger partial charge on any atom is -0.482 e. The van der Waals surface area contributed by atoms with Crippen molar-refractivity contribution >= 4 is 22.9 Å². The van der Waals surface area contributed by atoms with Crippen molar-refractivity contribution in [3.05, 3.63) is 29.1 Å². The molecule has 1 aromatic carbocycles. The molecule has 5 heteroatoms. The topological polar surface area (TPSA) is 42.4 Å². The first kappa shape index (κ1) is 12.2. The predicted octanol–water partition coefficient (Wildman–Crippen LogP) is 2.95. The minimum absolute atomic E-state index is 0.0183. The molecule has 3 rings (SSSR count). The van der Waals surface area contributed by atoms with Crippen LogP contribution in [0, 0.1) is 0 Å². The molecule has 1 aromatic heterocycles. The van der Waals surface area contributed by atoms with Crippen LogP contribution in [0.15, 0.2) is 29.1 Å². The molecule has 98 valence electrons. The van der Waals surface area contributed by atoms with Crippen LogP contribution in [-0.2, 0) is 4.79 Å². The summed E-state index contributed by atoms with van der Waals surface area (Å²) in [5, 5.41) is 2.00. The van der Waals surface area contributed by atoms with Gasteiger partial charge in [0.1, 0.15) is 5.75 Å². The highest BCUT2D eigenvalue weighted by Gasteiger charge is 2.25. The number of nitrogens with zero attached hydrogens (tertiary/aromatic N) is 2. The molecule has 0 aliphatic carbocycles. The summed E-state index contributed by atoms with van der Waals surface area (Å²) >= 11 is 1.56. The van der Waals surface area contributed by atoms with Crippen LogP contribution in [0.25, 0.3) is 11.3 Å². The Bertz CT molecular complexity index is 595. The van der Waals surface area contributed by atoms with Crippen LogP contribution in [0.3, 0.4) is 0 Å². The first-order chi connectivity index (χ1) is 9.29. The van der Waals surface area contributed by atoms with Gasteiger partial charge in [-0.15, -0.1) is 11.3 Å². The van der Waals surface area contributed by atoms with Crippen LogP contribution in [0.4, 0.5) is 5.69 Å². The maximum Gasteiger partial charge on any atom is 0.265 e. The maximum atomic E-state index is 11.9. The van der Waals surface area contributed by atoms with Gasteiger partial charge in [-0.3, -0.25) is 4.79 Å². The number of fused-ring (bicyclic) bond motifs is 1. The van der Waals surface area contributed by atoms with Gasteiger partial charge in [-0.1, -0.05) is 6.92 Å². The zero-order valence-corrected chi connectivity index (χ0v) is 11.4. The zero-order valence-electron chi connectivity index (χ0n) is 10.6. The van der Waals surface area contributed by atoms with E-state index in [-0.39, 0.29) is 12.5 Å². The number of carbonyl (C=O) groups excluding carboxylic acids is 1. The fraction of sp³-hybridized carbons (Fsp3) is 0.286. The molecule has 0 atom stereocenters. The van der Waals surface area contributed by atoms with E-state index in [1.807, 2.05) is 23.6 Å². The van der Waals surface area contributed by atoms with E-state index in [0.29, 0.717) is 0 Å². The van der Waals surface area contributed by atoms with Crippen LogP contribution < -0.4 is 9.64 Å². The normalized spacial score (nSPS) is 14.2. The molecule has 1 aliphatic heterocycles. The average molecular weight is 274 g/mol. The molecule has 0 bridgehead atoms. The first-order valence-electron chi connectivity index (χ1n) is 6.25. The molecule has 1 aliphatic rings. The van der Waals surface area contributed by atoms with Crippen molar-refractivity contribution in [2.45, 2.75) is 13.3 Å². The van der Waals surface area contributed by atoms with Crippen LogP contribution in [0.2, 0.25) is 0 Å². The number of benzene rings is 1. The molecule has 0 fully saturated rings. The summed E-state index contributed by atoms with van der Waals surface area (Å²) < 4.78 is 5.48.